The predicted octanol–water partition coefficient (Wildman–Crippen LogP) is 4.19. The standard InChI is InChI=1S/C19H22ClNO2/c1-4-14-8-10-15(11-9-14)18(22)21-13-19(2,23-3)16-6-5-7-17(20)12-16/h5-12H,4,13H2,1-3H3,(H,21,22). The average molecular weight is 332 g/mol. The van der Waals surface area contributed by atoms with Gasteiger partial charge in [-0.25, -0.2) is 0 Å². The normalized spacial score (nSPS) is 13.4. The molecule has 1 unspecified atom stereocenters. The van der Waals surface area contributed by atoms with Gasteiger partial charge in [0.2, 0.25) is 0 Å². The van der Waals surface area contributed by atoms with E-state index in [2.05, 4.69) is 12.2 Å². The fourth-order valence-electron chi connectivity index (χ4n) is 2.35. The van der Waals surface area contributed by atoms with Crippen LogP contribution in [0.4, 0.5) is 0 Å². The van der Waals surface area contributed by atoms with Crippen LogP contribution >= 0.6 is 11.6 Å². The molecule has 0 heterocycles. The first-order valence-corrected chi connectivity index (χ1v) is 8.04. The van der Waals surface area contributed by atoms with Crippen molar-refractivity contribution in [3.8, 4) is 0 Å². The van der Waals surface area contributed by atoms with Gasteiger partial charge in [0.15, 0.2) is 0 Å². The van der Waals surface area contributed by atoms with E-state index in [0.717, 1.165) is 12.0 Å². The number of carbonyl (C=O) groups excluding carboxylic acids is 1. The second-order valence-corrected chi connectivity index (χ2v) is 6.11. The SMILES string of the molecule is CCc1ccc(C(=O)NCC(C)(OC)c2cccc(Cl)c2)cc1. The molecule has 1 N–H and O–H groups in total. The van der Waals surface area contributed by atoms with Crippen LogP contribution in [0.1, 0.15) is 35.3 Å². The molecule has 0 spiro atoms. The van der Waals surface area contributed by atoms with E-state index in [1.165, 1.54) is 5.56 Å². The number of rotatable bonds is 6. The zero-order valence-electron chi connectivity index (χ0n) is 13.7. The lowest BCUT2D eigenvalue weighted by molar-refractivity contribution is 0.00315. The number of halogens is 1. The number of carbonyl (C=O) groups is 1. The molecular formula is C19H22ClNO2. The third kappa shape index (κ3) is 4.34. The Labute approximate surface area is 142 Å². The van der Waals surface area contributed by atoms with Gasteiger partial charge in [0.05, 0.1) is 6.54 Å². The van der Waals surface area contributed by atoms with Crippen molar-refractivity contribution in [1.82, 2.24) is 5.32 Å². The topological polar surface area (TPSA) is 38.3 Å². The summed E-state index contributed by atoms with van der Waals surface area (Å²) in [5.41, 5.74) is 2.15. The van der Waals surface area contributed by atoms with Crippen molar-refractivity contribution >= 4 is 17.5 Å². The monoisotopic (exact) mass is 331 g/mol. The smallest absolute Gasteiger partial charge is 0.251 e. The molecular weight excluding hydrogens is 310 g/mol. The Bertz CT molecular complexity index is 669. The second kappa shape index (κ2) is 7.62. The van der Waals surface area contributed by atoms with Crippen LogP contribution < -0.4 is 5.32 Å². The Morgan fingerprint density at radius 1 is 1.22 bits per heavy atom. The van der Waals surface area contributed by atoms with E-state index < -0.39 is 5.60 Å². The van der Waals surface area contributed by atoms with Crippen molar-refractivity contribution in [2.45, 2.75) is 25.9 Å². The lowest BCUT2D eigenvalue weighted by Gasteiger charge is -2.29. The van der Waals surface area contributed by atoms with E-state index >= 15 is 0 Å². The van der Waals surface area contributed by atoms with E-state index in [9.17, 15) is 4.79 Å². The van der Waals surface area contributed by atoms with Gasteiger partial charge in [-0.3, -0.25) is 4.79 Å². The highest BCUT2D eigenvalue weighted by molar-refractivity contribution is 6.30. The average Bonchev–Trinajstić information content (AvgIpc) is 2.59. The van der Waals surface area contributed by atoms with E-state index in [1.54, 1.807) is 7.11 Å². The van der Waals surface area contributed by atoms with Crippen molar-refractivity contribution in [3.05, 3.63) is 70.2 Å². The number of hydrogen-bond donors (Lipinski definition) is 1. The minimum Gasteiger partial charge on any atom is -0.372 e. The predicted molar refractivity (Wildman–Crippen MR) is 94.0 cm³/mol. The Morgan fingerprint density at radius 3 is 2.48 bits per heavy atom. The summed E-state index contributed by atoms with van der Waals surface area (Å²) in [7, 11) is 1.63. The molecule has 23 heavy (non-hydrogen) atoms. The van der Waals surface area contributed by atoms with Gasteiger partial charge in [-0.15, -0.1) is 0 Å². The lowest BCUT2D eigenvalue weighted by Crippen LogP contribution is -2.40. The Balaban J connectivity index is 2.08. The van der Waals surface area contributed by atoms with Crippen LogP contribution in [0.15, 0.2) is 48.5 Å². The zero-order chi connectivity index (χ0) is 16.9. The van der Waals surface area contributed by atoms with Crippen LogP contribution in [-0.2, 0) is 16.8 Å². The molecule has 0 aliphatic heterocycles. The third-order valence-electron chi connectivity index (χ3n) is 4.10. The summed E-state index contributed by atoms with van der Waals surface area (Å²) >= 11 is 6.05. The van der Waals surface area contributed by atoms with Crippen LogP contribution in [0.2, 0.25) is 5.02 Å². The van der Waals surface area contributed by atoms with Gasteiger partial charge in [-0.1, -0.05) is 42.8 Å². The fraction of sp³-hybridized carbons (Fsp3) is 0.316. The van der Waals surface area contributed by atoms with E-state index in [1.807, 2.05) is 55.5 Å². The van der Waals surface area contributed by atoms with E-state index in [-0.39, 0.29) is 5.91 Å². The Hall–Kier alpha value is -1.84. The highest BCUT2D eigenvalue weighted by atomic mass is 35.5. The van der Waals surface area contributed by atoms with E-state index in [4.69, 9.17) is 16.3 Å². The maximum atomic E-state index is 12.3. The number of methoxy groups -OCH3 is 1. The molecule has 3 nitrogen and oxygen atoms in total. The molecule has 122 valence electrons. The largest absolute Gasteiger partial charge is 0.372 e. The minimum atomic E-state index is -0.635. The van der Waals surface area contributed by atoms with Crippen LogP contribution in [0, 0.1) is 0 Å². The van der Waals surface area contributed by atoms with Crippen molar-refractivity contribution < 1.29 is 9.53 Å². The highest BCUT2D eigenvalue weighted by Gasteiger charge is 2.27. The maximum absolute atomic E-state index is 12.3. The first-order valence-electron chi connectivity index (χ1n) is 7.67. The van der Waals surface area contributed by atoms with Crippen LogP contribution in [-0.4, -0.2) is 19.6 Å². The molecule has 1 amide bonds. The molecule has 0 aliphatic rings. The first-order chi connectivity index (χ1) is 11.0. The number of aryl methyl sites for hydroxylation is 1. The summed E-state index contributed by atoms with van der Waals surface area (Å²) < 4.78 is 5.63. The molecule has 0 saturated heterocycles. The van der Waals surface area contributed by atoms with Gasteiger partial charge in [0.25, 0.3) is 5.91 Å². The summed E-state index contributed by atoms with van der Waals surface area (Å²) in [6.07, 6.45) is 0.957. The van der Waals surface area contributed by atoms with Gasteiger partial charge in [-0.2, -0.15) is 0 Å². The highest BCUT2D eigenvalue weighted by Crippen LogP contribution is 2.26. The van der Waals surface area contributed by atoms with Gasteiger partial charge in [-0.05, 0) is 48.7 Å². The summed E-state index contributed by atoms with van der Waals surface area (Å²) in [5, 5.41) is 3.58. The number of amides is 1. The second-order valence-electron chi connectivity index (χ2n) is 5.68. The molecule has 0 fully saturated rings. The van der Waals surface area contributed by atoms with Gasteiger partial charge >= 0.3 is 0 Å². The zero-order valence-corrected chi connectivity index (χ0v) is 14.5. The molecule has 0 radical (unpaired) electrons. The molecule has 0 aliphatic carbocycles. The van der Waals surface area contributed by atoms with Gasteiger partial charge in [0.1, 0.15) is 5.60 Å². The van der Waals surface area contributed by atoms with Gasteiger partial charge < -0.3 is 10.1 Å². The van der Waals surface area contributed by atoms with E-state index in [0.29, 0.717) is 17.1 Å². The maximum Gasteiger partial charge on any atom is 0.251 e. The molecule has 2 aromatic rings. The molecule has 0 saturated carbocycles. The van der Waals surface area contributed by atoms with Crippen molar-refractivity contribution in [1.29, 1.82) is 0 Å². The van der Waals surface area contributed by atoms with Crippen LogP contribution in [0.25, 0.3) is 0 Å². The number of hydrogen-bond acceptors (Lipinski definition) is 2. The quantitative estimate of drug-likeness (QED) is 0.861. The summed E-state index contributed by atoms with van der Waals surface area (Å²) in [4.78, 5) is 12.3. The first kappa shape index (κ1) is 17.5. The summed E-state index contributed by atoms with van der Waals surface area (Å²) in [6.45, 7) is 4.38. The molecule has 0 aromatic heterocycles. The number of nitrogens with one attached hydrogen (secondary N) is 1. The Kier molecular flexibility index (Phi) is 5.80. The Morgan fingerprint density at radius 2 is 1.91 bits per heavy atom. The molecule has 0 bridgehead atoms. The van der Waals surface area contributed by atoms with Crippen molar-refractivity contribution in [3.63, 3.8) is 0 Å². The number of benzene rings is 2. The minimum absolute atomic E-state index is 0.113. The lowest BCUT2D eigenvalue weighted by atomic mass is 9.95. The summed E-state index contributed by atoms with van der Waals surface area (Å²) in [6, 6.07) is 15.1. The van der Waals surface area contributed by atoms with Crippen LogP contribution in [0.5, 0.6) is 0 Å². The third-order valence-corrected chi connectivity index (χ3v) is 4.33. The van der Waals surface area contributed by atoms with Crippen molar-refractivity contribution in [2.24, 2.45) is 0 Å². The molecule has 2 rings (SSSR count). The van der Waals surface area contributed by atoms with Crippen molar-refractivity contribution in [2.75, 3.05) is 13.7 Å². The number of ether oxygens (including phenoxy) is 1. The molecule has 4 heteroatoms. The molecule has 1 atom stereocenters. The molecule has 2 aromatic carbocycles. The fourth-order valence-corrected chi connectivity index (χ4v) is 2.54. The van der Waals surface area contributed by atoms with Crippen LogP contribution in [0.3, 0.4) is 0 Å². The van der Waals surface area contributed by atoms with Gasteiger partial charge in [0, 0.05) is 17.7 Å². The summed E-state index contributed by atoms with van der Waals surface area (Å²) in [5.74, 6) is -0.113.